The summed E-state index contributed by atoms with van der Waals surface area (Å²) < 4.78 is 134. The second-order valence-electron chi connectivity index (χ2n) is 28.6. The Morgan fingerprint density at radius 1 is 0.330 bits per heavy atom. The molecule has 1 spiro atoms. The normalized spacial score (nSPS) is 16.6. The largest absolute Gasteiger partial charge is 0.553 e. The highest BCUT2D eigenvalue weighted by Crippen LogP contribution is 2.53. The number of rotatable bonds is 32. The molecule has 6 aliphatic rings. The molecule has 16 nitrogen and oxygen atoms in total. The lowest BCUT2D eigenvalue weighted by molar-refractivity contribution is -0.834. The smallest absolute Gasteiger partial charge is 0.211 e. The van der Waals surface area contributed by atoms with Crippen molar-refractivity contribution in [3.05, 3.63) is 201 Å². The summed E-state index contributed by atoms with van der Waals surface area (Å²) in [5.41, 5.74) is 11.3. The van der Waals surface area contributed by atoms with Crippen molar-refractivity contribution in [2.45, 2.75) is 186 Å². The van der Waals surface area contributed by atoms with E-state index in [9.17, 15) is 33.7 Å². The Morgan fingerprint density at radius 2 is 0.577 bits per heavy atom. The predicted octanol–water partition coefficient (Wildman–Crippen LogP) is 12.4. The summed E-state index contributed by atoms with van der Waals surface area (Å²) in [6, 6.07) is 36.8. The van der Waals surface area contributed by atoms with E-state index < -0.39 is 46.0 Å². The second kappa shape index (κ2) is 26.0. The summed E-state index contributed by atoms with van der Waals surface area (Å²) >= 11 is 0. The third kappa shape index (κ3) is 12.0. The molecule has 4 N–H and O–H groups in total. The molecular weight excluding hydrogens is 1290 g/mol. The fourth-order valence-electron chi connectivity index (χ4n) is 14.8. The number of nitrogens with one attached hydrogen (secondary N) is 4. The molecule has 0 fully saturated rings. The van der Waals surface area contributed by atoms with Crippen LogP contribution in [0.25, 0.3) is 22.3 Å². The summed E-state index contributed by atoms with van der Waals surface area (Å²) in [4.78, 5) is 0.587. The number of hydrogen-bond donors (Lipinski definition) is 4. The van der Waals surface area contributed by atoms with Crippen LogP contribution in [0, 0.1) is 21.7 Å². The first kappa shape index (κ1) is 70.0. The average Bonchev–Trinajstić information content (AvgIpc) is 1.53. The van der Waals surface area contributed by atoms with Gasteiger partial charge < -0.3 is 0 Å². The fraction of sp³-hybridized carbons (Fsp3) is 0.429. The molecule has 20 heteroatoms. The molecule has 0 aliphatic carbocycles. The van der Waals surface area contributed by atoms with Crippen LogP contribution in [-0.2, 0) is 46.0 Å². The van der Waals surface area contributed by atoms with Crippen LogP contribution in [0.1, 0.15) is 194 Å². The molecule has 514 valence electrons. The molecular formula is C77H96N8O8S4+2. The van der Waals surface area contributed by atoms with Gasteiger partial charge in [-0.15, -0.1) is 0 Å². The van der Waals surface area contributed by atoms with Crippen LogP contribution in [0.2, 0.25) is 0 Å². The lowest BCUT2D eigenvalue weighted by atomic mass is 9.82. The zero-order valence-electron chi connectivity index (χ0n) is 58.4. The van der Waals surface area contributed by atoms with Crippen molar-refractivity contribution in [2.24, 2.45) is 21.7 Å². The zero-order chi connectivity index (χ0) is 69.5. The van der Waals surface area contributed by atoms with Gasteiger partial charge in [-0.3, -0.25) is 0 Å². The predicted molar refractivity (Wildman–Crippen MR) is 387 cm³/mol. The first-order chi connectivity index (χ1) is 46.1. The molecule has 0 saturated carbocycles. The number of nitrogens with zero attached hydrogens (tertiary/aromatic N) is 4. The highest BCUT2D eigenvalue weighted by atomic mass is 32.2. The van der Waals surface area contributed by atoms with Gasteiger partial charge in [-0.25, -0.2) is 52.6 Å². The van der Waals surface area contributed by atoms with Crippen molar-refractivity contribution in [2.75, 3.05) is 26.2 Å². The van der Waals surface area contributed by atoms with Gasteiger partial charge in [0.25, 0.3) is 0 Å². The van der Waals surface area contributed by atoms with Crippen molar-refractivity contribution in [1.82, 2.24) is 28.0 Å². The third-order valence-corrected chi connectivity index (χ3v) is 29.4. The van der Waals surface area contributed by atoms with Crippen LogP contribution in [0.5, 0.6) is 0 Å². The SMILES string of the molecule is CCC(C)(CC)CCNS(=O)(=O)c1ccc(C2=C3C=CC4=[N+]3C35n6c2ccc6C(c2ccc(S(=O)(=O)NCCC(C)(CC)CC)cc2)=C2C=CC(=[N+]23)C(c2ccc(S(=O)(=O)NCCC(C)(CC)CC)cc2)=c2ccc(n25)=C4c2ccc(S(=O)(=O)NCCC(C)(CC)CC)cc2)cc1. The van der Waals surface area contributed by atoms with Crippen molar-refractivity contribution in [1.29, 1.82) is 0 Å². The van der Waals surface area contributed by atoms with Crippen molar-refractivity contribution in [3.63, 3.8) is 0 Å². The monoisotopic (exact) mass is 1390 g/mol. The molecule has 0 bridgehead atoms. The Kier molecular flexibility index (Phi) is 18.8. The first-order valence-electron chi connectivity index (χ1n) is 34.9. The van der Waals surface area contributed by atoms with Crippen molar-refractivity contribution in [3.8, 4) is 0 Å². The molecule has 97 heavy (non-hydrogen) atoms. The van der Waals surface area contributed by atoms with Gasteiger partial charge in [-0.1, -0.05) is 192 Å². The number of aromatic nitrogens is 2. The van der Waals surface area contributed by atoms with E-state index in [1.807, 2.05) is 48.5 Å². The van der Waals surface area contributed by atoms with Crippen molar-refractivity contribution < 1.29 is 42.8 Å². The van der Waals surface area contributed by atoms with Crippen LogP contribution < -0.4 is 29.6 Å². The molecule has 0 saturated heterocycles. The van der Waals surface area contributed by atoms with Crippen LogP contribution in [-0.4, -0.2) is 89.6 Å². The van der Waals surface area contributed by atoms with Gasteiger partial charge in [0, 0.05) is 50.5 Å². The standard InChI is InChI=1S/C77H96N8O8S4/c1-13-73(9,14-2)45-49-78-94(86,87)57-29-21-53(22-30-57)69-61-37-39-63-70(54-23-31-58(32-24-54)95(88,89)79-50-46-74(10,15-3)16-4)65-41-43-67-72(56-27-35-60(36-28-56)97(92,93)81-52-48-76(12,19-7)20-8)68-44-42-66-71(64-40-38-62(69)83(64)77(82(61)63,84(65)67)85(66)68)55-25-33-59(34-26-55)96(90,91)80-51-47-75(11,17-5)18-6/h21-44,78-81H,13-20,45-52H2,1-12H3/q+2. The number of sulfonamides is 4. The highest BCUT2D eigenvalue weighted by Gasteiger charge is 2.73. The maximum Gasteiger partial charge on any atom is 0.553 e. The van der Waals surface area contributed by atoms with Crippen molar-refractivity contribution >= 4 is 73.8 Å². The minimum absolute atomic E-state index is 0.00395. The molecule has 6 aliphatic heterocycles. The van der Waals surface area contributed by atoms with Gasteiger partial charge in [0.05, 0.1) is 64.0 Å². The number of hydrogen-bond acceptors (Lipinski definition) is 8. The van der Waals surface area contributed by atoms with E-state index in [1.54, 1.807) is 48.5 Å². The van der Waals surface area contributed by atoms with Gasteiger partial charge in [0.15, 0.2) is 0 Å². The van der Waals surface area contributed by atoms with Gasteiger partial charge in [-0.2, -0.15) is 9.13 Å². The van der Waals surface area contributed by atoms with E-state index in [0.717, 1.165) is 141 Å². The molecule has 0 radical (unpaired) electrons. The molecule has 8 heterocycles. The Hall–Kier alpha value is -6.88. The quantitative estimate of drug-likeness (QED) is 0.0299. The Labute approximate surface area is 575 Å². The van der Waals surface area contributed by atoms with Gasteiger partial charge in [-0.05, 0) is 142 Å². The number of benzene rings is 4. The summed E-state index contributed by atoms with van der Waals surface area (Å²) in [5, 5.41) is 1.66. The summed E-state index contributed by atoms with van der Waals surface area (Å²) in [5.74, 6) is -1.29. The fourth-order valence-corrected chi connectivity index (χ4v) is 18.9. The second-order valence-corrected chi connectivity index (χ2v) is 35.7. The number of allylic oxidation sites excluding steroid dienone is 4. The van der Waals surface area contributed by atoms with E-state index >= 15 is 0 Å². The molecule has 0 unspecified atom stereocenters. The van der Waals surface area contributed by atoms with E-state index in [0.29, 0.717) is 51.9 Å². The van der Waals surface area contributed by atoms with Crippen LogP contribution in [0.3, 0.4) is 0 Å². The molecule has 0 amide bonds. The highest BCUT2D eigenvalue weighted by molar-refractivity contribution is 7.90. The van der Waals surface area contributed by atoms with Gasteiger partial charge >= 0.3 is 5.91 Å². The lowest BCUT2D eigenvalue weighted by Gasteiger charge is -2.41. The summed E-state index contributed by atoms with van der Waals surface area (Å²) in [6.07, 6.45) is 18.7. The zero-order valence-corrected chi connectivity index (χ0v) is 61.6. The molecule has 2 aromatic heterocycles. The van der Waals surface area contributed by atoms with E-state index in [1.165, 1.54) is 0 Å². The van der Waals surface area contributed by atoms with Gasteiger partial charge in [0.2, 0.25) is 62.9 Å². The summed E-state index contributed by atoms with van der Waals surface area (Å²) in [6.45, 7) is 27.1. The Bertz CT molecular complexity index is 4630. The maximum absolute atomic E-state index is 14.1. The average molecular weight is 1390 g/mol. The molecule has 6 aromatic rings. The summed E-state index contributed by atoms with van der Waals surface area (Å²) in [7, 11) is -15.6. The van der Waals surface area contributed by atoms with E-state index in [-0.39, 0.29) is 41.2 Å². The third-order valence-electron chi connectivity index (χ3n) is 23.5. The van der Waals surface area contributed by atoms with Gasteiger partial charge in [0.1, 0.15) is 0 Å². The van der Waals surface area contributed by atoms with Crippen LogP contribution in [0.4, 0.5) is 0 Å². The molecule has 12 rings (SSSR count). The van der Waals surface area contributed by atoms with Crippen LogP contribution >= 0.6 is 0 Å². The molecule has 4 aromatic carbocycles. The van der Waals surface area contributed by atoms with Crippen LogP contribution in [0.15, 0.2) is 177 Å². The Balaban J connectivity index is 1.07. The minimum atomic E-state index is -3.90. The topological polar surface area (TPSA) is 201 Å². The van der Waals surface area contributed by atoms with E-state index in [4.69, 9.17) is 0 Å². The maximum atomic E-state index is 14.1. The molecule has 0 atom stereocenters. The van der Waals surface area contributed by atoms with E-state index in [2.05, 4.69) is 169 Å². The lowest BCUT2D eigenvalue weighted by Crippen LogP contribution is -2.71. The Morgan fingerprint density at radius 3 is 0.825 bits per heavy atom. The first-order valence-corrected chi connectivity index (χ1v) is 40.8. The minimum Gasteiger partial charge on any atom is -0.211 e.